The summed E-state index contributed by atoms with van der Waals surface area (Å²) in [6.45, 7) is 3.32. The molecule has 1 aliphatic carbocycles. The maximum absolute atomic E-state index is 14.2. The van der Waals surface area contributed by atoms with E-state index in [0.29, 0.717) is 37.6 Å². The topological polar surface area (TPSA) is 152 Å². The Morgan fingerprint density at radius 3 is 2.55 bits per heavy atom. The Labute approximate surface area is 294 Å². The zero-order chi connectivity index (χ0) is 36.0. The molecule has 2 aliphatic heterocycles. The van der Waals surface area contributed by atoms with Crippen molar-refractivity contribution in [2.75, 3.05) is 49.6 Å². The van der Waals surface area contributed by atoms with Gasteiger partial charge in [-0.05, 0) is 55.9 Å². The highest BCUT2D eigenvalue weighted by atomic mass is 35.5. The number of piperazine rings is 1. The molecule has 2 fully saturated rings. The van der Waals surface area contributed by atoms with E-state index in [1.165, 1.54) is 10.9 Å². The molecule has 5 heterocycles. The molecule has 1 saturated heterocycles. The molecule has 4 aromatic rings. The van der Waals surface area contributed by atoms with E-state index < -0.39 is 23.2 Å². The van der Waals surface area contributed by atoms with E-state index in [1.807, 2.05) is 17.9 Å². The lowest BCUT2D eigenvalue weighted by Crippen LogP contribution is -2.50. The largest absolute Gasteiger partial charge is 0.493 e. The molecule has 0 atom stereocenters. The van der Waals surface area contributed by atoms with Gasteiger partial charge in [0.05, 0.1) is 47.4 Å². The van der Waals surface area contributed by atoms with Crippen LogP contribution < -0.4 is 15.8 Å². The molecule has 0 bridgehead atoms. The summed E-state index contributed by atoms with van der Waals surface area (Å²) in [5.74, 6) is -0.691. The van der Waals surface area contributed by atoms with Crippen molar-refractivity contribution in [3.63, 3.8) is 0 Å². The van der Waals surface area contributed by atoms with Crippen LogP contribution >= 0.6 is 11.6 Å². The molecule has 14 nitrogen and oxygen atoms in total. The lowest BCUT2D eigenvalue weighted by Gasteiger charge is -2.36. The molecule has 0 spiro atoms. The van der Waals surface area contributed by atoms with Gasteiger partial charge in [-0.1, -0.05) is 24.6 Å². The SMILES string of the molecule is CCc1c(N2CCN(C(=O)c3cnn(C4CCC4)c3O)CC2)c(=O)n2nc(C3=CCOCC3)nc2n1CC(=O)Nc1ccc(C(F)(F)F)cc1Cl. The minimum absolute atomic E-state index is 0.00965. The minimum atomic E-state index is -4.61. The second kappa shape index (κ2) is 13.7. The molecule has 2 amide bonds. The first-order chi connectivity index (χ1) is 24.4. The number of hydrogen-bond acceptors (Lipinski definition) is 9. The van der Waals surface area contributed by atoms with Crippen molar-refractivity contribution in [1.29, 1.82) is 0 Å². The fourth-order valence-corrected chi connectivity index (χ4v) is 6.86. The summed E-state index contributed by atoms with van der Waals surface area (Å²) in [6, 6.07) is 2.74. The minimum Gasteiger partial charge on any atom is -0.493 e. The summed E-state index contributed by atoms with van der Waals surface area (Å²) >= 11 is 6.12. The molecule has 1 saturated carbocycles. The molecule has 3 aliphatic rings. The van der Waals surface area contributed by atoms with Crippen LogP contribution in [0, 0.1) is 0 Å². The normalized spacial score (nSPS) is 17.1. The Bertz CT molecular complexity index is 2100. The van der Waals surface area contributed by atoms with Gasteiger partial charge in [-0.25, -0.2) is 4.68 Å². The fourth-order valence-electron chi connectivity index (χ4n) is 6.63. The van der Waals surface area contributed by atoms with Gasteiger partial charge in [0.2, 0.25) is 17.6 Å². The Morgan fingerprint density at radius 2 is 1.92 bits per heavy atom. The molecule has 18 heteroatoms. The summed E-state index contributed by atoms with van der Waals surface area (Å²) in [5, 5.41) is 21.8. The summed E-state index contributed by atoms with van der Waals surface area (Å²) in [5.41, 5.74) is 0.277. The van der Waals surface area contributed by atoms with Crippen molar-refractivity contribution in [3.05, 3.63) is 68.5 Å². The predicted octanol–water partition coefficient (Wildman–Crippen LogP) is 4.16. The van der Waals surface area contributed by atoms with Gasteiger partial charge in [0.25, 0.3) is 11.5 Å². The number of fused-ring (bicyclic) bond motifs is 1. The van der Waals surface area contributed by atoms with Crippen LogP contribution in [0.15, 0.2) is 35.3 Å². The van der Waals surface area contributed by atoms with Gasteiger partial charge < -0.3 is 29.5 Å². The number of nitrogens with one attached hydrogen (secondary N) is 1. The molecule has 7 rings (SSSR count). The van der Waals surface area contributed by atoms with Crippen LogP contribution in [0.25, 0.3) is 11.4 Å². The van der Waals surface area contributed by atoms with Gasteiger partial charge in [-0.2, -0.15) is 27.8 Å². The monoisotopic (exact) mass is 729 g/mol. The zero-order valence-electron chi connectivity index (χ0n) is 27.6. The van der Waals surface area contributed by atoms with Gasteiger partial charge in [-0.15, -0.1) is 5.10 Å². The number of benzene rings is 1. The molecule has 0 radical (unpaired) electrons. The zero-order valence-corrected chi connectivity index (χ0v) is 28.4. The third-order valence-corrected chi connectivity index (χ3v) is 9.90. The number of hydrogen-bond donors (Lipinski definition) is 2. The first-order valence-electron chi connectivity index (χ1n) is 16.7. The van der Waals surface area contributed by atoms with Crippen molar-refractivity contribution < 1.29 is 32.6 Å². The first-order valence-corrected chi connectivity index (χ1v) is 17.1. The van der Waals surface area contributed by atoms with E-state index in [4.69, 9.17) is 16.3 Å². The lowest BCUT2D eigenvalue weighted by molar-refractivity contribution is -0.137. The van der Waals surface area contributed by atoms with Gasteiger partial charge in [0, 0.05) is 26.2 Å². The number of rotatable bonds is 8. The quantitative estimate of drug-likeness (QED) is 0.273. The highest BCUT2D eigenvalue weighted by Gasteiger charge is 2.33. The molecule has 1 aromatic carbocycles. The number of amides is 2. The van der Waals surface area contributed by atoms with Gasteiger partial charge in [0.1, 0.15) is 17.8 Å². The van der Waals surface area contributed by atoms with Crippen molar-refractivity contribution in [2.24, 2.45) is 0 Å². The van der Waals surface area contributed by atoms with Crippen LogP contribution in [0.4, 0.5) is 24.5 Å². The van der Waals surface area contributed by atoms with E-state index in [1.54, 1.807) is 9.47 Å². The smallest absolute Gasteiger partial charge is 0.416 e. The maximum atomic E-state index is 14.2. The second-order valence-corrected chi connectivity index (χ2v) is 13.1. The highest BCUT2D eigenvalue weighted by molar-refractivity contribution is 6.33. The number of halogens is 4. The summed E-state index contributed by atoms with van der Waals surface area (Å²) < 4.78 is 49.3. The fraction of sp³-hybridized carbons (Fsp3) is 0.455. The first kappa shape index (κ1) is 34.5. The van der Waals surface area contributed by atoms with E-state index in [0.717, 1.165) is 47.6 Å². The van der Waals surface area contributed by atoms with Crippen molar-refractivity contribution in [2.45, 2.75) is 57.8 Å². The molecule has 0 unspecified atom stereocenters. The van der Waals surface area contributed by atoms with Crippen LogP contribution in [0.3, 0.4) is 0 Å². The van der Waals surface area contributed by atoms with Gasteiger partial charge >= 0.3 is 6.18 Å². The Hall–Kier alpha value is -4.90. The average Bonchev–Trinajstić information content (AvgIpc) is 3.70. The van der Waals surface area contributed by atoms with E-state index in [-0.39, 0.29) is 78.3 Å². The Kier molecular flexibility index (Phi) is 9.26. The number of ether oxygens (including phenoxy) is 1. The Balaban J connectivity index is 1.19. The van der Waals surface area contributed by atoms with E-state index in [9.17, 15) is 32.7 Å². The number of nitrogens with zero attached hydrogens (tertiary/aromatic N) is 8. The van der Waals surface area contributed by atoms with E-state index >= 15 is 0 Å². The lowest BCUT2D eigenvalue weighted by atomic mass is 9.93. The highest BCUT2D eigenvalue weighted by Crippen LogP contribution is 2.36. The van der Waals surface area contributed by atoms with Crippen LogP contribution in [-0.4, -0.2) is 90.2 Å². The summed E-state index contributed by atoms with van der Waals surface area (Å²) in [7, 11) is 0. The number of carbonyl (C=O) groups is 2. The van der Waals surface area contributed by atoms with Crippen LogP contribution in [0.2, 0.25) is 5.02 Å². The van der Waals surface area contributed by atoms with Crippen molar-refractivity contribution in [3.8, 4) is 5.88 Å². The van der Waals surface area contributed by atoms with Crippen LogP contribution in [0.5, 0.6) is 5.88 Å². The average molecular weight is 730 g/mol. The third-order valence-electron chi connectivity index (χ3n) is 9.59. The number of carbonyl (C=O) groups excluding carboxylic acids is 2. The number of anilines is 2. The molecule has 270 valence electrons. The predicted molar refractivity (Wildman–Crippen MR) is 180 cm³/mol. The summed E-state index contributed by atoms with van der Waals surface area (Å²) in [4.78, 5) is 49.2. The molecule has 51 heavy (non-hydrogen) atoms. The van der Waals surface area contributed by atoms with Gasteiger partial charge in [0.15, 0.2) is 5.82 Å². The number of aromatic hydroxyl groups is 1. The third kappa shape index (κ3) is 6.55. The Morgan fingerprint density at radius 1 is 1.16 bits per heavy atom. The van der Waals surface area contributed by atoms with E-state index in [2.05, 4.69) is 20.5 Å². The number of aromatic nitrogens is 6. The maximum Gasteiger partial charge on any atom is 0.416 e. The van der Waals surface area contributed by atoms with Crippen molar-refractivity contribution in [1.82, 2.24) is 33.8 Å². The number of alkyl halides is 3. The standard InChI is InChI=1S/C33H35ClF3N9O5/c1-2-25-27(42-10-12-43(13-11-42)29(48)22-17-38-45(30(22)49)21-4-3-5-21)31(50)46-32(40-28(41-46)19-8-14-51-15-9-19)44(25)18-26(47)39-24-7-6-20(16-23(24)34)33(35,36)37/h6-8,16-17,21,49H,2-5,9-15,18H2,1H3,(H,39,47). The molecular weight excluding hydrogens is 695 g/mol. The van der Waals surface area contributed by atoms with Crippen LogP contribution in [0.1, 0.15) is 66.1 Å². The van der Waals surface area contributed by atoms with Gasteiger partial charge in [-0.3, -0.25) is 14.4 Å². The molecule has 3 aromatic heterocycles. The summed E-state index contributed by atoms with van der Waals surface area (Å²) in [6.07, 6.45) is 2.28. The van der Waals surface area contributed by atoms with Crippen molar-refractivity contribution >= 4 is 46.1 Å². The molecular formula is C33H35ClF3N9O5. The second-order valence-electron chi connectivity index (χ2n) is 12.7. The molecule has 2 N–H and O–H groups in total. The van der Waals surface area contributed by atoms with Crippen LogP contribution in [-0.2, 0) is 28.7 Å².